The van der Waals surface area contributed by atoms with Gasteiger partial charge in [0.25, 0.3) is 0 Å². The number of aliphatic hydroxyl groups excluding tert-OH is 2. The Morgan fingerprint density at radius 2 is 1.96 bits per heavy atom. The molecule has 134 valence electrons. The SMILES string of the molecule is Cc1nnnn1-c1ccc(CC(=O)N2CCC(C(O)CO)CC2)cc1. The first-order valence-corrected chi connectivity index (χ1v) is 8.49. The largest absolute Gasteiger partial charge is 0.394 e. The van der Waals surface area contributed by atoms with Crippen LogP contribution in [0.2, 0.25) is 0 Å². The van der Waals surface area contributed by atoms with Crippen molar-refractivity contribution in [3.05, 3.63) is 35.7 Å². The fourth-order valence-corrected chi connectivity index (χ4v) is 3.19. The Balaban J connectivity index is 1.56. The van der Waals surface area contributed by atoms with E-state index in [1.54, 1.807) is 4.68 Å². The van der Waals surface area contributed by atoms with Crippen molar-refractivity contribution in [1.29, 1.82) is 0 Å². The van der Waals surface area contributed by atoms with Gasteiger partial charge in [-0.05, 0) is 53.8 Å². The van der Waals surface area contributed by atoms with E-state index in [1.807, 2.05) is 36.1 Å². The van der Waals surface area contributed by atoms with Crippen LogP contribution in [0.15, 0.2) is 24.3 Å². The molecular weight excluding hydrogens is 322 g/mol. The van der Waals surface area contributed by atoms with E-state index in [0.717, 1.165) is 24.1 Å². The molecule has 8 heteroatoms. The van der Waals surface area contributed by atoms with Gasteiger partial charge in [0.2, 0.25) is 5.91 Å². The summed E-state index contributed by atoms with van der Waals surface area (Å²) >= 11 is 0. The lowest BCUT2D eigenvalue weighted by molar-refractivity contribution is -0.132. The summed E-state index contributed by atoms with van der Waals surface area (Å²) in [5, 5.41) is 30.1. The highest BCUT2D eigenvalue weighted by molar-refractivity contribution is 5.78. The third-order valence-electron chi connectivity index (χ3n) is 4.79. The fraction of sp³-hybridized carbons (Fsp3) is 0.529. The number of tetrazole rings is 1. The summed E-state index contributed by atoms with van der Waals surface area (Å²) in [7, 11) is 0. The average molecular weight is 345 g/mol. The van der Waals surface area contributed by atoms with Crippen molar-refractivity contribution in [3.8, 4) is 5.69 Å². The molecule has 1 atom stereocenters. The summed E-state index contributed by atoms with van der Waals surface area (Å²) in [6.45, 7) is 2.87. The molecule has 1 aliphatic rings. The van der Waals surface area contributed by atoms with Crippen molar-refractivity contribution in [1.82, 2.24) is 25.1 Å². The zero-order valence-electron chi connectivity index (χ0n) is 14.2. The van der Waals surface area contributed by atoms with Crippen LogP contribution in [0.25, 0.3) is 5.69 Å². The molecule has 3 rings (SSSR count). The zero-order valence-corrected chi connectivity index (χ0v) is 14.2. The van der Waals surface area contributed by atoms with Crippen LogP contribution in [0.5, 0.6) is 0 Å². The van der Waals surface area contributed by atoms with Gasteiger partial charge >= 0.3 is 0 Å². The van der Waals surface area contributed by atoms with E-state index < -0.39 is 6.10 Å². The molecule has 8 nitrogen and oxygen atoms in total. The Bertz CT molecular complexity index is 707. The van der Waals surface area contributed by atoms with Crippen LogP contribution in [0, 0.1) is 12.8 Å². The summed E-state index contributed by atoms with van der Waals surface area (Å²) in [6, 6.07) is 7.62. The number of aromatic nitrogens is 4. The first kappa shape index (κ1) is 17.5. The van der Waals surface area contributed by atoms with Gasteiger partial charge in [0, 0.05) is 13.1 Å². The zero-order chi connectivity index (χ0) is 17.8. The molecule has 1 aromatic heterocycles. The van der Waals surface area contributed by atoms with Crippen molar-refractivity contribution >= 4 is 5.91 Å². The number of carbonyl (C=O) groups is 1. The number of benzene rings is 1. The topological polar surface area (TPSA) is 104 Å². The predicted octanol–water partition coefficient (Wildman–Crippen LogP) is 0.105. The fourth-order valence-electron chi connectivity index (χ4n) is 3.19. The molecule has 1 unspecified atom stereocenters. The van der Waals surface area contributed by atoms with Crippen LogP contribution in [0.4, 0.5) is 0 Å². The quantitative estimate of drug-likeness (QED) is 0.797. The Hall–Kier alpha value is -2.32. The van der Waals surface area contributed by atoms with Gasteiger partial charge in [0.15, 0.2) is 5.82 Å². The van der Waals surface area contributed by atoms with Crippen LogP contribution < -0.4 is 0 Å². The van der Waals surface area contributed by atoms with Crippen molar-refractivity contribution < 1.29 is 15.0 Å². The molecule has 2 N–H and O–H groups in total. The van der Waals surface area contributed by atoms with Gasteiger partial charge in [-0.3, -0.25) is 4.79 Å². The first-order valence-electron chi connectivity index (χ1n) is 8.49. The molecule has 1 fully saturated rings. The molecule has 2 heterocycles. The molecule has 0 aliphatic carbocycles. The monoisotopic (exact) mass is 345 g/mol. The lowest BCUT2D eigenvalue weighted by Crippen LogP contribution is -2.42. The van der Waals surface area contributed by atoms with E-state index in [2.05, 4.69) is 15.5 Å². The molecule has 0 spiro atoms. The number of rotatable bonds is 5. The number of piperidine rings is 1. The Morgan fingerprint density at radius 3 is 2.52 bits per heavy atom. The highest BCUT2D eigenvalue weighted by atomic mass is 16.3. The Labute approximate surface area is 146 Å². The molecule has 0 radical (unpaired) electrons. The first-order chi connectivity index (χ1) is 12.1. The van der Waals surface area contributed by atoms with Crippen molar-refractivity contribution in [2.75, 3.05) is 19.7 Å². The van der Waals surface area contributed by atoms with Crippen LogP contribution >= 0.6 is 0 Å². The number of hydrogen-bond acceptors (Lipinski definition) is 6. The molecule has 25 heavy (non-hydrogen) atoms. The number of aryl methyl sites for hydroxylation is 1. The van der Waals surface area contributed by atoms with E-state index in [1.165, 1.54) is 0 Å². The lowest BCUT2D eigenvalue weighted by atomic mass is 9.91. The van der Waals surface area contributed by atoms with E-state index in [9.17, 15) is 9.90 Å². The van der Waals surface area contributed by atoms with Gasteiger partial charge < -0.3 is 15.1 Å². The third kappa shape index (κ3) is 4.02. The van der Waals surface area contributed by atoms with Crippen molar-refractivity contribution in [2.24, 2.45) is 5.92 Å². The average Bonchev–Trinajstić information content (AvgIpc) is 3.07. The van der Waals surface area contributed by atoms with Crippen molar-refractivity contribution in [3.63, 3.8) is 0 Å². The molecule has 0 bridgehead atoms. The van der Waals surface area contributed by atoms with Gasteiger partial charge in [-0.15, -0.1) is 5.10 Å². The molecule has 1 aliphatic heterocycles. The summed E-state index contributed by atoms with van der Waals surface area (Å²) < 4.78 is 1.64. The van der Waals surface area contributed by atoms with Crippen LogP contribution in [0.3, 0.4) is 0 Å². The number of aliphatic hydroxyl groups is 2. The van der Waals surface area contributed by atoms with Gasteiger partial charge in [0.1, 0.15) is 0 Å². The van der Waals surface area contributed by atoms with Gasteiger partial charge in [-0.1, -0.05) is 12.1 Å². The van der Waals surface area contributed by atoms with Gasteiger partial charge in [0.05, 0.1) is 24.8 Å². The maximum atomic E-state index is 12.5. The number of likely N-dealkylation sites (tertiary alicyclic amines) is 1. The molecule has 2 aromatic rings. The maximum absolute atomic E-state index is 12.5. The molecule has 1 amide bonds. The third-order valence-corrected chi connectivity index (χ3v) is 4.79. The minimum absolute atomic E-state index is 0.0767. The molecule has 1 saturated heterocycles. The number of hydrogen-bond donors (Lipinski definition) is 2. The molecule has 0 saturated carbocycles. The van der Waals surface area contributed by atoms with Crippen molar-refractivity contribution in [2.45, 2.75) is 32.3 Å². The van der Waals surface area contributed by atoms with E-state index in [0.29, 0.717) is 25.3 Å². The number of amides is 1. The maximum Gasteiger partial charge on any atom is 0.226 e. The smallest absolute Gasteiger partial charge is 0.226 e. The molecular formula is C17H23N5O3. The van der Waals surface area contributed by atoms with Crippen LogP contribution in [-0.2, 0) is 11.2 Å². The van der Waals surface area contributed by atoms with Gasteiger partial charge in [-0.25, -0.2) is 0 Å². The minimum atomic E-state index is -0.681. The van der Waals surface area contributed by atoms with Gasteiger partial charge in [-0.2, -0.15) is 4.68 Å². The normalized spacial score (nSPS) is 16.8. The summed E-state index contributed by atoms with van der Waals surface area (Å²) in [5.74, 6) is 0.868. The summed E-state index contributed by atoms with van der Waals surface area (Å²) in [4.78, 5) is 14.3. The predicted molar refractivity (Wildman–Crippen MR) is 90.0 cm³/mol. The van der Waals surface area contributed by atoms with E-state index in [4.69, 9.17) is 5.11 Å². The number of carbonyl (C=O) groups excluding carboxylic acids is 1. The Kier molecular flexibility index (Phi) is 5.40. The second-order valence-corrected chi connectivity index (χ2v) is 6.45. The number of nitrogens with zero attached hydrogens (tertiary/aromatic N) is 5. The van der Waals surface area contributed by atoms with Crippen LogP contribution in [0.1, 0.15) is 24.2 Å². The summed E-state index contributed by atoms with van der Waals surface area (Å²) in [6.07, 6.45) is 1.12. The van der Waals surface area contributed by atoms with E-state index in [-0.39, 0.29) is 18.4 Å². The highest BCUT2D eigenvalue weighted by Gasteiger charge is 2.26. The van der Waals surface area contributed by atoms with E-state index >= 15 is 0 Å². The summed E-state index contributed by atoms with van der Waals surface area (Å²) in [5.41, 5.74) is 1.80. The van der Waals surface area contributed by atoms with Crippen LogP contribution in [-0.4, -0.2) is 67.0 Å². The minimum Gasteiger partial charge on any atom is -0.394 e. The second kappa shape index (κ2) is 7.71. The second-order valence-electron chi connectivity index (χ2n) is 6.45. The Morgan fingerprint density at radius 1 is 1.28 bits per heavy atom. The highest BCUT2D eigenvalue weighted by Crippen LogP contribution is 2.21. The standard InChI is InChI=1S/C17H23N5O3/c1-12-18-19-20-22(12)15-4-2-13(3-5-15)10-17(25)21-8-6-14(7-9-21)16(24)11-23/h2-5,14,16,23-24H,6-11H2,1H3. The molecule has 1 aromatic carbocycles. The lowest BCUT2D eigenvalue weighted by Gasteiger charge is -2.33.